The summed E-state index contributed by atoms with van der Waals surface area (Å²) >= 11 is 0. The number of hydrogen-bond acceptors (Lipinski definition) is 6. The lowest BCUT2D eigenvalue weighted by molar-refractivity contribution is -0.186. The maximum Gasteiger partial charge on any atom is 0.243 e. The molecular formula is C25H37N3O3S2. The van der Waals surface area contributed by atoms with Gasteiger partial charge >= 0.3 is 0 Å². The topological polar surface area (TPSA) is 84.6 Å². The molecule has 0 aromatic heterocycles. The lowest BCUT2D eigenvalue weighted by Gasteiger charge is -2.63. The van der Waals surface area contributed by atoms with Crippen LogP contribution in [0.3, 0.4) is 0 Å². The number of carbonyl (C=O) groups excluding carboxylic acids is 2. The summed E-state index contributed by atoms with van der Waals surface area (Å²) in [5.41, 5.74) is -1.06. The molecule has 182 valence electrons. The second-order valence-electron chi connectivity index (χ2n) is 11.3. The quantitative estimate of drug-likeness (QED) is 0.406. The van der Waals surface area contributed by atoms with E-state index in [0.717, 1.165) is 69.5 Å². The van der Waals surface area contributed by atoms with E-state index in [0.29, 0.717) is 31.2 Å². The minimum atomic E-state index is -0.675. The molecule has 4 bridgehead atoms. The summed E-state index contributed by atoms with van der Waals surface area (Å²) < 4.78 is 0. The maximum absolute atomic E-state index is 13.7. The number of unbranched alkanes of at least 4 members (excludes halogenated alkanes) is 1. The van der Waals surface area contributed by atoms with Crippen LogP contribution in [0.2, 0.25) is 0 Å². The monoisotopic (exact) mass is 491 g/mol. The predicted octanol–water partition coefficient (Wildman–Crippen LogP) is 4.13. The normalized spacial score (nSPS) is 39.1. The van der Waals surface area contributed by atoms with E-state index >= 15 is 0 Å². The Labute approximate surface area is 205 Å². The van der Waals surface area contributed by atoms with Gasteiger partial charge in [-0.25, -0.2) is 0 Å². The first-order valence-corrected chi connectivity index (χ1v) is 15.3. The van der Waals surface area contributed by atoms with Gasteiger partial charge in [-0.2, -0.15) is 5.26 Å². The van der Waals surface area contributed by atoms with Crippen molar-refractivity contribution >= 4 is 33.4 Å². The number of nitrogens with zero attached hydrogens (tertiary/aromatic N) is 3. The number of hydrogen-bond donors (Lipinski definition) is 1. The van der Waals surface area contributed by atoms with Gasteiger partial charge in [-0.1, -0.05) is 28.0 Å². The molecule has 0 aromatic carbocycles. The van der Waals surface area contributed by atoms with E-state index in [1.165, 1.54) is 12.2 Å². The molecule has 8 heteroatoms. The van der Waals surface area contributed by atoms with Crippen LogP contribution in [0.25, 0.3) is 0 Å². The highest BCUT2D eigenvalue weighted by Crippen LogP contribution is 2.59. The lowest BCUT2D eigenvalue weighted by Crippen LogP contribution is -2.67. The number of carbonyl (C=O) groups is 2. The van der Waals surface area contributed by atoms with Gasteiger partial charge in [0.05, 0.1) is 11.7 Å². The first-order chi connectivity index (χ1) is 15.9. The molecule has 6 nitrogen and oxygen atoms in total. The third-order valence-corrected chi connectivity index (χ3v) is 11.8. The average Bonchev–Trinajstić information content (AvgIpc) is 3.44. The number of nitriles is 1. The summed E-state index contributed by atoms with van der Waals surface area (Å²) in [6, 6.07) is 1.90. The van der Waals surface area contributed by atoms with Gasteiger partial charge in [0.15, 0.2) is 0 Å². The second-order valence-corrected chi connectivity index (χ2v) is 14.1. The van der Waals surface area contributed by atoms with Crippen molar-refractivity contribution < 1.29 is 14.7 Å². The summed E-state index contributed by atoms with van der Waals surface area (Å²) in [5.74, 6) is 2.14. The van der Waals surface area contributed by atoms with Crippen LogP contribution in [0.1, 0.15) is 83.5 Å². The zero-order valence-electron chi connectivity index (χ0n) is 19.5. The Morgan fingerprint density at radius 1 is 1.15 bits per heavy atom. The maximum atomic E-state index is 13.7. The van der Waals surface area contributed by atoms with Crippen molar-refractivity contribution in [3.05, 3.63) is 0 Å². The Balaban J connectivity index is 1.29. The van der Waals surface area contributed by atoms with E-state index in [1.807, 2.05) is 26.5 Å². The van der Waals surface area contributed by atoms with E-state index in [9.17, 15) is 20.0 Å². The average molecular weight is 492 g/mol. The summed E-state index contributed by atoms with van der Waals surface area (Å²) in [4.78, 5) is 30.6. The molecule has 2 aliphatic heterocycles. The van der Waals surface area contributed by atoms with E-state index in [1.54, 1.807) is 4.90 Å². The van der Waals surface area contributed by atoms with Crippen LogP contribution in [0, 0.1) is 23.2 Å². The first kappa shape index (κ1) is 23.8. The van der Waals surface area contributed by atoms with E-state index < -0.39 is 5.60 Å². The Kier molecular flexibility index (Phi) is 6.94. The van der Waals surface area contributed by atoms with Crippen LogP contribution in [-0.4, -0.2) is 68.0 Å². The van der Waals surface area contributed by atoms with Crippen molar-refractivity contribution in [2.45, 2.75) is 106 Å². The molecule has 6 fully saturated rings. The van der Waals surface area contributed by atoms with Crippen molar-refractivity contribution in [3.8, 4) is 6.07 Å². The Morgan fingerprint density at radius 3 is 2.61 bits per heavy atom. The van der Waals surface area contributed by atoms with Crippen molar-refractivity contribution in [1.29, 1.82) is 5.26 Å². The standard InChI is InChI=1S/C25H37N3O3S2/c26-15-20-4-3-8-27(20)23(30)16-28(22(29)6-2-1-5-21-7-9-32-33-21)24-11-18-10-19(12-24)14-25(31,13-18)17-24/h18-21,31H,1-14,16-17H2/t18?,19?,20-,21?,24?,25?/m0/s1. The molecule has 4 saturated carbocycles. The van der Waals surface area contributed by atoms with Gasteiger partial charge in [0.2, 0.25) is 11.8 Å². The van der Waals surface area contributed by atoms with Crippen LogP contribution >= 0.6 is 21.6 Å². The molecule has 4 atom stereocenters. The van der Waals surface area contributed by atoms with Gasteiger partial charge in [-0.15, -0.1) is 0 Å². The fourth-order valence-corrected chi connectivity index (χ4v) is 10.8. The van der Waals surface area contributed by atoms with Crippen LogP contribution in [0.5, 0.6) is 0 Å². The predicted molar refractivity (Wildman–Crippen MR) is 131 cm³/mol. The third-order valence-electron chi connectivity index (χ3n) is 8.78. The smallest absolute Gasteiger partial charge is 0.243 e. The number of aliphatic hydroxyl groups is 1. The van der Waals surface area contributed by atoms with Crippen molar-refractivity contribution in [1.82, 2.24) is 9.80 Å². The molecule has 2 heterocycles. The second kappa shape index (κ2) is 9.62. The molecule has 2 saturated heterocycles. The first-order valence-electron chi connectivity index (χ1n) is 12.9. The summed E-state index contributed by atoms with van der Waals surface area (Å²) in [5, 5.41) is 21.5. The van der Waals surface area contributed by atoms with Crippen molar-refractivity contribution in [2.75, 3.05) is 18.8 Å². The van der Waals surface area contributed by atoms with Gasteiger partial charge < -0.3 is 14.9 Å². The van der Waals surface area contributed by atoms with Crippen LogP contribution in [-0.2, 0) is 9.59 Å². The van der Waals surface area contributed by atoms with Gasteiger partial charge in [-0.3, -0.25) is 9.59 Å². The third kappa shape index (κ3) is 4.92. The van der Waals surface area contributed by atoms with E-state index in [4.69, 9.17) is 0 Å². The summed E-state index contributed by atoms with van der Waals surface area (Å²) in [7, 11) is 3.94. The fourth-order valence-electron chi connectivity index (χ4n) is 7.78. The number of rotatable bonds is 8. The highest BCUT2D eigenvalue weighted by atomic mass is 33.1. The van der Waals surface area contributed by atoms with E-state index in [2.05, 4.69) is 6.07 Å². The molecule has 6 aliphatic rings. The molecular weight excluding hydrogens is 454 g/mol. The molecule has 0 aromatic rings. The van der Waals surface area contributed by atoms with Crippen molar-refractivity contribution in [3.63, 3.8) is 0 Å². The SMILES string of the molecule is N#C[C@@H]1CCCN1C(=O)CN(C(=O)CCCCC1CCSS1)C12CC3CC(CC(O)(C3)C1)C2. The van der Waals surface area contributed by atoms with E-state index in [-0.39, 0.29) is 29.9 Å². The number of likely N-dealkylation sites (tertiary alicyclic amines) is 1. The summed E-state index contributed by atoms with van der Waals surface area (Å²) in [6.07, 6.45) is 11.7. The zero-order chi connectivity index (χ0) is 23.1. The molecule has 1 N–H and O–H groups in total. The number of amides is 2. The molecule has 4 aliphatic carbocycles. The van der Waals surface area contributed by atoms with Crippen LogP contribution < -0.4 is 0 Å². The highest BCUT2D eigenvalue weighted by Gasteiger charge is 2.60. The molecule has 0 spiro atoms. The van der Waals surface area contributed by atoms with Gasteiger partial charge in [0.25, 0.3) is 0 Å². The van der Waals surface area contributed by atoms with Crippen LogP contribution in [0.15, 0.2) is 0 Å². The molecule has 6 rings (SSSR count). The Hall–Kier alpha value is -0.910. The fraction of sp³-hybridized carbons (Fsp3) is 0.880. The molecule has 2 amide bonds. The van der Waals surface area contributed by atoms with Crippen LogP contribution in [0.4, 0.5) is 0 Å². The van der Waals surface area contributed by atoms with Gasteiger partial charge in [0.1, 0.15) is 12.6 Å². The minimum Gasteiger partial charge on any atom is -0.390 e. The lowest BCUT2D eigenvalue weighted by atomic mass is 9.50. The Bertz CT molecular complexity index is 795. The zero-order valence-corrected chi connectivity index (χ0v) is 21.2. The highest BCUT2D eigenvalue weighted by molar-refractivity contribution is 8.77. The molecule has 3 unspecified atom stereocenters. The molecule has 33 heavy (non-hydrogen) atoms. The molecule has 0 radical (unpaired) electrons. The van der Waals surface area contributed by atoms with Crippen molar-refractivity contribution in [2.24, 2.45) is 11.8 Å². The summed E-state index contributed by atoms with van der Waals surface area (Å²) in [6.45, 7) is 0.681. The minimum absolute atomic E-state index is 0.0711. The van der Waals surface area contributed by atoms with Gasteiger partial charge in [0, 0.05) is 29.5 Å². The Morgan fingerprint density at radius 2 is 1.94 bits per heavy atom. The largest absolute Gasteiger partial charge is 0.390 e. The van der Waals surface area contributed by atoms with Gasteiger partial charge in [-0.05, 0) is 82.5 Å².